The molecule has 0 spiro atoms. The van der Waals surface area contributed by atoms with E-state index in [1.165, 1.54) is 5.56 Å². The second-order valence-electron chi connectivity index (χ2n) is 6.56. The van der Waals surface area contributed by atoms with Crippen LogP contribution in [0.1, 0.15) is 57.7 Å². The summed E-state index contributed by atoms with van der Waals surface area (Å²) >= 11 is 0. The van der Waals surface area contributed by atoms with E-state index in [0.717, 1.165) is 5.56 Å². The predicted octanol–water partition coefficient (Wildman–Crippen LogP) is 3.28. The third kappa shape index (κ3) is 4.06. The fourth-order valence-electron chi connectivity index (χ4n) is 1.93. The van der Waals surface area contributed by atoms with Crippen molar-refractivity contribution in [1.82, 2.24) is 5.32 Å². The lowest BCUT2D eigenvalue weighted by atomic mass is 10.00. The van der Waals surface area contributed by atoms with E-state index in [2.05, 4.69) is 31.3 Å². The summed E-state index contributed by atoms with van der Waals surface area (Å²) in [6.07, 6.45) is 0. The molecular weight excluding hydrogens is 270 g/mol. The van der Waals surface area contributed by atoms with E-state index < -0.39 is 14.6 Å². The Labute approximate surface area is 123 Å². The number of rotatable bonds is 5. The first-order chi connectivity index (χ1) is 9.08. The Balaban J connectivity index is 2.98. The van der Waals surface area contributed by atoms with E-state index in [0.29, 0.717) is 5.92 Å². The zero-order valence-electron chi connectivity index (χ0n) is 13.4. The van der Waals surface area contributed by atoms with Gasteiger partial charge < -0.3 is 5.32 Å². The number of hydrogen-bond donors (Lipinski definition) is 1. The maximum atomic E-state index is 12.3. The van der Waals surface area contributed by atoms with Crippen molar-refractivity contribution in [3.8, 4) is 0 Å². The van der Waals surface area contributed by atoms with E-state index in [1.54, 1.807) is 27.8 Å². The van der Waals surface area contributed by atoms with Crippen molar-refractivity contribution in [2.75, 3.05) is 12.8 Å². The summed E-state index contributed by atoms with van der Waals surface area (Å²) in [5.74, 6) is 0.601. The highest BCUT2D eigenvalue weighted by Crippen LogP contribution is 2.24. The minimum atomic E-state index is -3.15. The Morgan fingerprint density at radius 2 is 1.50 bits per heavy atom. The molecule has 0 saturated heterocycles. The van der Waals surface area contributed by atoms with E-state index in [1.807, 2.05) is 12.1 Å². The van der Waals surface area contributed by atoms with E-state index >= 15 is 0 Å². The lowest BCUT2D eigenvalue weighted by Gasteiger charge is -2.24. The smallest absolute Gasteiger partial charge is 0.157 e. The molecule has 0 aliphatic carbocycles. The normalized spacial score (nSPS) is 14.6. The second kappa shape index (κ2) is 6.27. The highest BCUT2D eigenvalue weighted by atomic mass is 32.2. The molecule has 20 heavy (non-hydrogen) atoms. The highest BCUT2D eigenvalue weighted by molar-refractivity contribution is 7.92. The largest absolute Gasteiger partial charge is 0.312 e. The number of sulfone groups is 1. The summed E-state index contributed by atoms with van der Waals surface area (Å²) in [6.45, 7) is 9.54. The molecule has 1 rings (SSSR count). The van der Waals surface area contributed by atoms with Gasteiger partial charge in [0, 0.05) is 6.04 Å². The maximum Gasteiger partial charge on any atom is 0.157 e. The zero-order valence-corrected chi connectivity index (χ0v) is 14.2. The Kier molecular flexibility index (Phi) is 5.39. The summed E-state index contributed by atoms with van der Waals surface area (Å²) in [6, 6.07) is 8.03. The van der Waals surface area contributed by atoms with Gasteiger partial charge in [-0.05, 0) is 44.9 Å². The van der Waals surface area contributed by atoms with Gasteiger partial charge in [-0.1, -0.05) is 38.1 Å². The van der Waals surface area contributed by atoms with Crippen molar-refractivity contribution in [3.05, 3.63) is 35.4 Å². The molecule has 1 aromatic rings. The van der Waals surface area contributed by atoms with Crippen LogP contribution in [0.15, 0.2) is 24.3 Å². The van der Waals surface area contributed by atoms with Crippen molar-refractivity contribution >= 4 is 9.84 Å². The molecule has 1 unspecified atom stereocenters. The molecule has 0 fully saturated rings. The topological polar surface area (TPSA) is 46.2 Å². The van der Waals surface area contributed by atoms with Gasteiger partial charge in [0.05, 0.1) is 10.5 Å². The summed E-state index contributed by atoms with van der Waals surface area (Å²) in [4.78, 5) is 0. The lowest BCUT2D eigenvalue weighted by Crippen LogP contribution is -2.35. The molecule has 3 nitrogen and oxygen atoms in total. The average Bonchev–Trinajstić information content (AvgIpc) is 2.34. The highest BCUT2D eigenvalue weighted by Gasteiger charge is 2.31. The van der Waals surface area contributed by atoms with Gasteiger partial charge >= 0.3 is 0 Å². The molecule has 0 amide bonds. The van der Waals surface area contributed by atoms with Crippen LogP contribution in [0.25, 0.3) is 0 Å². The summed E-state index contributed by atoms with van der Waals surface area (Å²) in [5.41, 5.74) is 2.28. The van der Waals surface area contributed by atoms with Crippen LogP contribution in [0.3, 0.4) is 0 Å². The Morgan fingerprint density at radius 3 is 1.85 bits per heavy atom. The van der Waals surface area contributed by atoms with Crippen LogP contribution in [-0.4, -0.2) is 26.0 Å². The van der Waals surface area contributed by atoms with Gasteiger partial charge in [0.25, 0.3) is 0 Å². The van der Waals surface area contributed by atoms with Gasteiger partial charge in [0.1, 0.15) is 0 Å². The molecule has 0 aliphatic heterocycles. The molecule has 0 aromatic heterocycles. The number of hydrogen-bond acceptors (Lipinski definition) is 3. The van der Waals surface area contributed by atoms with Crippen LogP contribution < -0.4 is 5.32 Å². The van der Waals surface area contributed by atoms with Gasteiger partial charge in [0.2, 0.25) is 0 Å². The van der Waals surface area contributed by atoms with Gasteiger partial charge in [-0.25, -0.2) is 8.42 Å². The van der Waals surface area contributed by atoms with Crippen LogP contribution in [0, 0.1) is 0 Å². The molecule has 1 atom stereocenters. The molecule has 114 valence electrons. The monoisotopic (exact) mass is 297 g/mol. The van der Waals surface area contributed by atoms with E-state index in [-0.39, 0.29) is 11.8 Å². The fourth-order valence-corrected chi connectivity index (χ4v) is 3.23. The van der Waals surface area contributed by atoms with Crippen LogP contribution in [0.2, 0.25) is 0 Å². The van der Waals surface area contributed by atoms with Crippen LogP contribution >= 0.6 is 0 Å². The Morgan fingerprint density at radius 1 is 1.05 bits per heavy atom. The van der Waals surface area contributed by atoms with Crippen LogP contribution in [0.4, 0.5) is 0 Å². The molecule has 0 heterocycles. The van der Waals surface area contributed by atoms with Crippen molar-refractivity contribution in [3.63, 3.8) is 0 Å². The molecule has 1 aromatic carbocycles. The van der Waals surface area contributed by atoms with Gasteiger partial charge in [-0.15, -0.1) is 0 Å². The van der Waals surface area contributed by atoms with E-state index in [9.17, 15) is 8.42 Å². The fraction of sp³-hybridized carbons (Fsp3) is 0.625. The summed E-state index contributed by atoms with van der Waals surface area (Å²) < 4.78 is 23.9. The number of benzene rings is 1. The maximum absolute atomic E-state index is 12.3. The minimum absolute atomic E-state index is 0.119. The lowest BCUT2D eigenvalue weighted by molar-refractivity contribution is 0.542. The standard InChI is InChI=1S/C16H27NO2S/c1-12(2)13-7-9-14(10-8-13)15(17-6)11-20(18,19)16(3,4)5/h7-10,12,15,17H,11H2,1-6H3. The first-order valence-electron chi connectivity index (χ1n) is 7.08. The SMILES string of the molecule is CNC(CS(=O)(=O)C(C)(C)C)c1ccc(C(C)C)cc1. The van der Waals surface area contributed by atoms with Crippen molar-refractivity contribution in [2.24, 2.45) is 0 Å². The van der Waals surface area contributed by atoms with Crippen molar-refractivity contribution in [2.45, 2.75) is 51.3 Å². The van der Waals surface area contributed by atoms with Gasteiger partial charge in [0.15, 0.2) is 9.84 Å². The quantitative estimate of drug-likeness (QED) is 0.907. The van der Waals surface area contributed by atoms with Gasteiger partial charge in [-0.3, -0.25) is 0 Å². The molecule has 0 radical (unpaired) electrons. The van der Waals surface area contributed by atoms with Crippen molar-refractivity contribution < 1.29 is 8.42 Å². The molecule has 4 heteroatoms. The zero-order chi connectivity index (χ0) is 15.6. The Hall–Kier alpha value is -0.870. The van der Waals surface area contributed by atoms with Crippen LogP contribution in [-0.2, 0) is 9.84 Å². The summed E-state index contributed by atoms with van der Waals surface area (Å²) in [5, 5.41) is 3.12. The molecule has 0 saturated carbocycles. The molecule has 0 aliphatic rings. The predicted molar refractivity (Wildman–Crippen MR) is 85.9 cm³/mol. The minimum Gasteiger partial charge on any atom is -0.312 e. The first kappa shape index (κ1) is 17.2. The van der Waals surface area contributed by atoms with E-state index in [4.69, 9.17) is 0 Å². The third-order valence-electron chi connectivity index (χ3n) is 3.67. The molecule has 0 bridgehead atoms. The Bertz CT molecular complexity index is 525. The molecular formula is C16H27NO2S. The van der Waals surface area contributed by atoms with Gasteiger partial charge in [-0.2, -0.15) is 0 Å². The average molecular weight is 297 g/mol. The number of nitrogens with one attached hydrogen (secondary N) is 1. The van der Waals surface area contributed by atoms with Crippen molar-refractivity contribution in [1.29, 1.82) is 0 Å². The second-order valence-corrected chi connectivity index (χ2v) is 9.34. The first-order valence-corrected chi connectivity index (χ1v) is 8.73. The van der Waals surface area contributed by atoms with Crippen LogP contribution in [0.5, 0.6) is 0 Å². The summed E-state index contributed by atoms with van der Waals surface area (Å²) in [7, 11) is -1.34. The molecule has 1 N–H and O–H groups in total. The third-order valence-corrected chi connectivity index (χ3v) is 6.31.